The number of rotatable bonds is 12. The van der Waals surface area contributed by atoms with Gasteiger partial charge in [-0.05, 0) is 93.1 Å². The number of amides is 1. The van der Waals surface area contributed by atoms with Crippen molar-refractivity contribution in [2.24, 2.45) is 0 Å². The molecular weight excluding hydrogens is 334 g/mol. The molecule has 3 nitrogen and oxygen atoms in total. The van der Waals surface area contributed by atoms with Gasteiger partial charge in [0.1, 0.15) is 6.61 Å². The smallest absolute Gasteiger partial charge is 0.407 e. The maximum absolute atomic E-state index is 11.4. The SMILES string of the molecule is CC(C)=CCCC(C)=CCCC(C)=CCCC(C)=CCOC(=O)NC(C)C. The summed E-state index contributed by atoms with van der Waals surface area (Å²) in [6, 6.07) is 0.103. The molecule has 0 fully saturated rings. The van der Waals surface area contributed by atoms with E-state index >= 15 is 0 Å². The molecule has 0 aliphatic heterocycles. The van der Waals surface area contributed by atoms with Crippen LogP contribution in [0.4, 0.5) is 4.79 Å². The van der Waals surface area contributed by atoms with E-state index < -0.39 is 0 Å². The van der Waals surface area contributed by atoms with Crippen molar-refractivity contribution >= 4 is 6.09 Å². The van der Waals surface area contributed by atoms with E-state index in [4.69, 9.17) is 4.74 Å². The molecule has 0 atom stereocenters. The van der Waals surface area contributed by atoms with Gasteiger partial charge >= 0.3 is 6.09 Å². The molecule has 0 saturated heterocycles. The van der Waals surface area contributed by atoms with Gasteiger partial charge in [-0.2, -0.15) is 0 Å². The molecule has 0 saturated carbocycles. The molecule has 0 aromatic rings. The Bertz CT molecular complexity index is 547. The highest BCUT2D eigenvalue weighted by atomic mass is 16.5. The van der Waals surface area contributed by atoms with E-state index in [-0.39, 0.29) is 12.1 Å². The van der Waals surface area contributed by atoms with Crippen molar-refractivity contribution in [2.45, 2.75) is 93.0 Å². The fraction of sp³-hybridized carbons (Fsp3) is 0.625. The molecule has 0 aromatic carbocycles. The quantitative estimate of drug-likeness (QED) is 0.364. The molecular formula is C24H41NO2. The van der Waals surface area contributed by atoms with Gasteiger partial charge in [0.15, 0.2) is 0 Å². The third-order valence-corrected chi connectivity index (χ3v) is 4.21. The van der Waals surface area contributed by atoms with Crippen LogP contribution in [-0.2, 0) is 4.74 Å². The minimum atomic E-state index is -0.353. The van der Waals surface area contributed by atoms with Crippen LogP contribution in [-0.4, -0.2) is 18.7 Å². The van der Waals surface area contributed by atoms with Crippen molar-refractivity contribution in [1.82, 2.24) is 5.32 Å². The van der Waals surface area contributed by atoms with Crippen molar-refractivity contribution in [3.05, 3.63) is 46.6 Å². The molecule has 0 heterocycles. The molecule has 0 rings (SSSR count). The molecule has 0 bridgehead atoms. The summed E-state index contributed by atoms with van der Waals surface area (Å²) in [5, 5.41) is 2.71. The summed E-state index contributed by atoms with van der Waals surface area (Å²) in [5.41, 5.74) is 5.59. The van der Waals surface area contributed by atoms with E-state index in [9.17, 15) is 4.79 Å². The summed E-state index contributed by atoms with van der Waals surface area (Å²) < 4.78 is 5.12. The number of hydrogen-bond acceptors (Lipinski definition) is 2. The number of ether oxygens (including phenoxy) is 1. The Hall–Kier alpha value is -1.77. The predicted molar refractivity (Wildman–Crippen MR) is 118 cm³/mol. The van der Waals surface area contributed by atoms with Gasteiger partial charge in [-0.25, -0.2) is 4.79 Å². The molecule has 0 spiro atoms. The Morgan fingerprint density at radius 2 is 1.22 bits per heavy atom. The van der Waals surface area contributed by atoms with Crippen LogP contribution >= 0.6 is 0 Å². The van der Waals surface area contributed by atoms with Crippen molar-refractivity contribution in [1.29, 1.82) is 0 Å². The highest BCUT2D eigenvalue weighted by Crippen LogP contribution is 2.13. The average molecular weight is 376 g/mol. The van der Waals surface area contributed by atoms with Crippen LogP contribution in [0.25, 0.3) is 0 Å². The minimum Gasteiger partial charge on any atom is -0.445 e. The molecule has 0 aromatic heterocycles. The summed E-state index contributed by atoms with van der Waals surface area (Å²) in [7, 11) is 0. The first-order chi connectivity index (χ1) is 12.7. The topological polar surface area (TPSA) is 38.3 Å². The van der Waals surface area contributed by atoms with Crippen LogP contribution in [0.15, 0.2) is 46.6 Å². The van der Waals surface area contributed by atoms with Crippen LogP contribution in [0.2, 0.25) is 0 Å². The molecule has 1 amide bonds. The lowest BCUT2D eigenvalue weighted by molar-refractivity contribution is 0.155. The summed E-state index contributed by atoms with van der Waals surface area (Å²) in [6.45, 7) is 15.0. The van der Waals surface area contributed by atoms with Gasteiger partial charge in [0.25, 0.3) is 0 Å². The van der Waals surface area contributed by atoms with Gasteiger partial charge in [-0.15, -0.1) is 0 Å². The lowest BCUT2D eigenvalue weighted by atomic mass is 10.0. The predicted octanol–water partition coefficient (Wildman–Crippen LogP) is 7.27. The van der Waals surface area contributed by atoms with Crippen LogP contribution < -0.4 is 5.32 Å². The van der Waals surface area contributed by atoms with E-state index in [2.05, 4.69) is 58.2 Å². The van der Waals surface area contributed by atoms with Crippen molar-refractivity contribution in [2.75, 3.05) is 6.61 Å². The fourth-order valence-electron chi connectivity index (χ4n) is 2.52. The number of carbonyl (C=O) groups is 1. The molecule has 0 aliphatic carbocycles. The summed E-state index contributed by atoms with van der Waals surface area (Å²) in [4.78, 5) is 11.4. The van der Waals surface area contributed by atoms with Gasteiger partial charge in [0.2, 0.25) is 0 Å². The number of carbonyl (C=O) groups excluding carboxylic acids is 1. The number of alkyl carbamates (subject to hydrolysis) is 1. The maximum atomic E-state index is 11.4. The molecule has 3 heteroatoms. The first-order valence-corrected chi connectivity index (χ1v) is 10.2. The van der Waals surface area contributed by atoms with Crippen molar-refractivity contribution in [3.8, 4) is 0 Å². The van der Waals surface area contributed by atoms with Crippen LogP contribution in [0, 0.1) is 0 Å². The summed E-state index contributed by atoms with van der Waals surface area (Å²) >= 11 is 0. The lowest BCUT2D eigenvalue weighted by Gasteiger charge is -2.08. The first kappa shape index (κ1) is 25.2. The Morgan fingerprint density at radius 1 is 0.778 bits per heavy atom. The second-order valence-corrected chi connectivity index (χ2v) is 7.95. The molecule has 0 radical (unpaired) electrons. The second kappa shape index (κ2) is 15.3. The zero-order chi connectivity index (χ0) is 20.7. The van der Waals surface area contributed by atoms with Gasteiger partial charge in [-0.1, -0.05) is 40.5 Å². The third kappa shape index (κ3) is 17.4. The number of nitrogens with one attached hydrogen (secondary N) is 1. The molecule has 154 valence electrons. The van der Waals surface area contributed by atoms with Crippen molar-refractivity contribution < 1.29 is 9.53 Å². The molecule has 27 heavy (non-hydrogen) atoms. The van der Waals surface area contributed by atoms with E-state index in [1.165, 1.54) is 22.3 Å². The fourth-order valence-corrected chi connectivity index (χ4v) is 2.52. The normalized spacial score (nSPS) is 13.0. The van der Waals surface area contributed by atoms with E-state index in [0.717, 1.165) is 38.5 Å². The van der Waals surface area contributed by atoms with Gasteiger partial charge in [0, 0.05) is 6.04 Å². The van der Waals surface area contributed by atoms with Gasteiger partial charge in [-0.3, -0.25) is 0 Å². The zero-order valence-corrected chi connectivity index (χ0v) is 18.7. The van der Waals surface area contributed by atoms with Gasteiger partial charge in [0.05, 0.1) is 0 Å². The largest absolute Gasteiger partial charge is 0.445 e. The summed E-state index contributed by atoms with van der Waals surface area (Å²) in [5.74, 6) is 0. The van der Waals surface area contributed by atoms with Gasteiger partial charge < -0.3 is 10.1 Å². The molecule has 0 unspecified atom stereocenters. The minimum absolute atomic E-state index is 0.103. The molecule has 0 aliphatic rings. The highest BCUT2D eigenvalue weighted by molar-refractivity contribution is 5.67. The Labute approximate surface area is 167 Å². The van der Waals surface area contributed by atoms with E-state index in [1.807, 2.05) is 19.9 Å². The number of hydrogen-bond donors (Lipinski definition) is 1. The first-order valence-electron chi connectivity index (χ1n) is 10.2. The average Bonchev–Trinajstić information content (AvgIpc) is 2.53. The maximum Gasteiger partial charge on any atom is 0.407 e. The Morgan fingerprint density at radius 3 is 1.67 bits per heavy atom. The van der Waals surface area contributed by atoms with Crippen molar-refractivity contribution in [3.63, 3.8) is 0 Å². The standard InChI is InChI=1S/C24H41NO2/c1-19(2)11-8-12-21(5)13-9-14-22(6)15-10-16-23(7)17-18-27-24(26)25-20(3)4/h11,13,15,17,20H,8-10,12,14,16,18H2,1-7H3,(H,25,26). The Kier molecular flexibility index (Phi) is 14.3. The third-order valence-electron chi connectivity index (χ3n) is 4.21. The zero-order valence-electron chi connectivity index (χ0n) is 18.7. The van der Waals surface area contributed by atoms with Crippen LogP contribution in [0.5, 0.6) is 0 Å². The lowest BCUT2D eigenvalue weighted by Crippen LogP contribution is -2.30. The number of allylic oxidation sites excluding steroid dienone is 7. The monoisotopic (exact) mass is 375 g/mol. The Balaban J connectivity index is 4.01. The second-order valence-electron chi connectivity index (χ2n) is 7.95. The van der Waals surface area contributed by atoms with Crippen LogP contribution in [0.3, 0.4) is 0 Å². The van der Waals surface area contributed by atoms with E-state index in [0.29, 0.717) is 6.61 Å². The van der Waals surface area contributed by atoms with E-state index in [1.54, 1.807) is 0 Å². The molecule has 1 N–H and O–H groups in total. The highest BCUT2D eigenvalue weighted by Gasteiger charge is 2.01. The summed E-state index contributed by atoms with van der Waals surface area (Å²) in [6.07, 6.45) is 15.2. The van der Waals surface area contributed by atoms with Crippen LogP contribution in [0.1, 0.15) is 87.0 Å².